The monoisotopic (exact) mass is 415 g/mol. The van der Waals surface area contributed by atoms with Crippen LogP contribution in [0.3, 0.4) is 0 Å². The van der Waals surface area contributed by atoms with Crippen molar-refractivity contribution in [2.75, 3.05) is 19.0 Å². The first kappa shape index (κ1) is 20.5. The van der Waals surface area contributed by atoms with Crippen LogP contribution in [0.4, 0.5) is 5.69 Å². The number of aryl methyl sites for hydroxylation is 3. The SMILES string of the molecule is COc1ccc(-c2nc3ccc(NC(=O)COc4cc(C)ccc4C)cn3c2C)cc1. The van der Waals surface area contributed by atoms with Gasteiger partial charge in [0, 0.05) is 17.5 Å². The fourth-order valence-electron chi connectivity index (χ4n) is 3.46. The third kappa shape index (κ3) is 4.38. The fraction of sp³-hybridized carbons (Fsp3) is 0.200. The second-order valence-electron chi connectivity index (χ2n) is 7.53. The molecule has 31 heavy (non-hydrogen) atoms. The van der Waals surface area contributed by atoms with E-state index in [4.69, 9.17) is 14.5 Å². The van der Waals surface area contributed by atoms with Crippen molar-refractivity contribution >= 4 is 17.2 Å². The molecule has 4 rings (SSSR count). The summed E-state index contributed by atoms with van der Waals surface area (Å²) in [6.45, 7) is 5.91. The molecule has 158 valence electrons. The Morgan fingerprint density at radius 2 is 1.81 bits per heavy atom. The largest absolute Gasteiger partial charge is 0.497 e. The summed E-state index contributed by atoms with van der Waals surface area (Å²) in [5.41, 5.74) is 6.48. The zero-order valence-electron chi connectivity index (χ0n) is 18.1. The molecular formula is C25H25N3O3. The Kier molecular flexibility index (Phi) is 5.62. The second kappa shape index (κ2) is 8.52. The van der Waals surface area contributed by atoms with E-state index in [1.807, 2.05) is 86.0 Å². The van der Waals surface area contributed by atoms with Gasteiger partial charge in [0.1, 0.15) is 17.1 Å². The van der Waals surface area contributed by atoms with Crippen LogP contribution in [-0.2, 0) is 4.79 Å². The van der Waals surface area contributed by atoms with Crippen molar-refractivity contribution in [2.24, 2.45) is 0 Å². The van der Waals surface area contributed by atoms with Crippen LogP contribution in [0.15, 0.2) is 60.8 Å². The minimum Gasteiger partial charge on any atom is -0.497 e. The zero-order chi connectivity index (χ0) is 22.0. The van der Waals surface area contributed by atoms with E-state index in [0.29, 0.717) is 5.69 Å². The summed E-state index contributed by atoms with van der Waals surface area (Å²) in [6.07, 6.45) is 1.88. The van der Waals surface area contributed by atoms with Gasteiger partial charge in [-0.05, 0) is 74.4 Å². The van der Waals surface area contributed by atoms with Crippen molar-refractivity contribution in [2.45, 2.75) is 20.8 Å². The van der Waals surface area contributed by atoms with Crippen LogP contribution >= 0.6 is 0 Å². The highest BCUT2D eigenvalue weighted by atomic mass is 16.5. The molecule has 2 heterocycles. The Labute approximate surface area is 181 Å². The molecule has 0 atom stereocenters. The number of carbonyl (C=O) groups excluding carboxylic acids is 1. The smallest absolute Gasteiger partial charge is 0.262 e. The van der Waals surface area contributed by atoms with Crippen molar-refractivity contribution in [3.8, 4) is 22.8 Å². The molecule has 2 aromatic heterocycles. The lowest BCUT2D eigenvalue weighted by Crippen LogP contribution is -2.20. The van der Waals surface area contributed by atoms with Crippen molar-refractivity contribution in [3.05, 3.63) is 77.6 Å². The zero-order valence-corrected chi connectivity index (χ0v) is 18.1. The number of aromatic nitrogens is 2. The van der Waals surface area contributed by atoms with Gasteiger partial charge in [0.25, 0.3) is 5.91 Å². The molecule has 1 amide bonds. The molecule has 4 aromatic rings. The van der Waals surface area contributed by atoms with E-state index >= 15 is 0 Å². The highest BCUT2D eigenvalue weighted by molar-refractivity contribution is 5.92. The first-order chi connectivity index (χ1) is 14.9. The predicted molar refractivity (Wildman–Crippen MR) is 122 cm³/mol. The average molecular weight is 415 g/mol. The van der Waals surface area contributed by atoms with E-state index < -0.39 is 0 Å². The Morgan fingerprint density at radius 3 is 2.55 bits per heavy atom. The van der Waals surface area contributed by atoms with E-state index in [9.17, 15) is 4.79 Å². The lowest BCUT2D eigenvalue weighted by atomic mass is 10.1. The van der Waals surface area contributed by atoms with Crippen LogP contribution in [0.1, 0.15) is 16.8 Å². The predicted octanol–water partition coefficient (Wildman–Crippen LogP) is 4.95. The summed E-state index contributed by atoms with van der Waals surface area (Å²) in [5, 5.41) is 2.90. The topological polar surface area (TPSA) is 64.9 Å². The molecule has 0 spiro atoms. The Balaban J connectivity index is 1.50. The number of imidazole rings is 1. The number of carbonyl (C=O) groups is 1. The number of fused-ring (bicyclic) bond motifs is 1. The lowest BCUT2D eigenvalue weighted by Gasteiger charge is -2.10. The molecule has 1 N–H and O–H groups in total. The quantitative estimate of drug-likeness (QED) is 0.484. The number of anilines is 1. The van der Waals surface area contributed by atoms with Crippen LogP contribution in [0.5, 0.6) is 11.5 Å². The first-order valence-electron chi connectivity index (χ1n) is 10.1. The number of benzene rings is 2. The average Bonchev–Trinajstić information content (AvgIpc) is 3.10. The maximum absolute atomic E-state index is 12.4. The van der Waals surface area contributed by atoms with Crippen molar-refractivity contribution in [3.63, 3.8) is 0 Å². The highest BCUT2D eigenvalue weighted by Crippen LogP contribution is 2.27. The van der Waals surface area contributed by atoms with Gasteiger partial charge in [0.05, 0.1) is 18.5 Å². The molecule has 0 fully saturated rings. The summed E-state index contributed by atoms with van der Waals surface area (Å²) in [4.78, 5) is 17.2. The van der Waals surface area contributed by atoms with E-state index in [0.717, 1.165) is 45.2 Å². The van der Waals surface area contributed by atoms with Crippen LogP contribution in [0.25, 0.3) is 16.9 Å². The molecule has 0 aliphatic carbocycles. The first-order valence-corrected chi connectivity index (χ1v) is 10.1. The summed E-state index contributed by atoms with van der Waals surface area (Å²) in [6, 6.07) is 17.5. The number of rotatable bonds is 6. The van der Waals surface area contributed by atoms with Crippen molar-refractivity contribution < 1.29 is 14.3 Å². The number of ether oxygens (including phenoxy) is 2. The van der Waals surface area contributed by atoms with E-state index in [1.165, 1.54) is 0 Å². The van der Waals surface area contributed by atoms with Gasteiger partial charge in [0.2, 0.25) is 0 Å². The van der Waals surface area contributed by atoms with Crippen LogP contribution in [-0.4, -0.2) is 29.0 Å². The normalized spacial score (nSPS) is 10.8. The van der Waals surface area contributed by atoms with Crippen LogP contribution in [0.2, 0.25) is 0 Å². The second-order valence-corrected chi connectivity index (χ2v) is 7.53. The van der Waals surface area contributed by atoms with Gasteiger partial charge in [-0.15, -0.1) is 0 Å². The summed E-state index contributed by atoms with van der Waals surface area (Å²) < 4.78 is 12.9. The number of methoxy groups -OCH3 is 1. The van der Waals surface area contributed by atoms with Crippen LogP contribution < -0.4 is 14.8 Å². The minimum atomic E-state index is -0.214. The molecule has 0 radical (unpaired) electrons. The molecule has 0 unspecified atom stereocenters. The number of amides is 1. The lowest BCUT2D eigenvalue weighted by molar-refractivity contribution is -0.118. The van der Waals surface area contributed by atoms with E-state index in [1.54, 1.807) is 7.11 Å². The van der Waals surface area contributed by atoms with Gasteiger partial charge in [0.15, 0.2) is 6.61 Å². The Hall–Kier alpha value is -3.80. The number of nitrogens with zero attached hydrogens (tertiary/aromatic N) is 2. The molecule has 2 aromatic carbocycles. The van der Waals surface area contributed by atoms with Gasteiger partial charge >= 0.3 is 0 Å². The number of hydrogen-bond donors (Lipinski definition) is 1. The van der Waals surface area contributed by atoms with Crippen molar-refractivity contribution in [1.29, 1.82) is 0 Å². The number of hydrogen-bond acceptors (Lipinski definition) is 4. The van der Waals surface area contributed by atoms with Gasteiger partial charge in [-0.1, -0.05) is 12.1 Å². The van der Waals surface area contributed by atoms with E-state index in [-0.39, 0.29) is 12.5 Å². The molecule has 0 saturated heterocycles. The maximum Gasteiger partial charge on any atom is 0.262 e. The molecule has 6 heteroatoms. The van der Waals surface area contributed by atoms with Gasteiger partial charge < -0.3 is 19.2 Å². The highest BCUT2D eigenvalue weighted by Gasteiger charge is 2.12. The summed E-state index contributed by atoms with van der Waals surface area (Å²) in [7, 11) is 1.65. The molecule has 0 aliphatic rings. The van der Waals surface area contributed by atoms with Gasteiger partial charge in [-0.2, -0.15) is 0 Å². The summed E-state index contributed by atoms with van der Waals surface area (Å²) >= 11 is 0. The van der Waals surface area contributed by atoms with Crippen molar-refractivity contribution in [1.82, 2.24) is 9.38 Å². The molecule has 0 aliphatic heterocycles. The summed E-state index contributed by atoms with van der Waals surface area (Å²) in [5.74, 6) is 1.31. The standard InChI is InChI=1S/C25H25N3O3/c1-16-5-6-17(2)22(13-16)31-15-24(29)26-20-9-12-23-27-25(18(3)28(23)14-20)19-7-10-21(30-4)11-8-19/h5-14H,15H2,1-4H3,(H,26,29). The third-order valence-corrected chi connectivity index (χ3v) is 5.21. The van der Waals surface area contributed by atoms with E-state index in [2.05, 4.69) is 5.32 Å². The fourth-order valence-corrected chi connectivity index (χ4v) is 3.46. The molecule has 6 nitrogen and oxygen atoms in total. The molecule has 0 saturated carbocycles. The van der Waals surface area contributed by atoms with Gasteiger partial charge in [-0.3, -0.25) is 4.79 Å². The molecule has 0 bridgehead atoms. The molecular weight excluding hydrogens is 390 g/mol. The third-order valence-electron chi connectivity index (χ3n) is 5.21. The minimum absolute atomic E-state index is 0.0532. The van der Waals surface area contributed by atoms with Crippen LogP contribution in [0, 0.1) is 20.8 Å². The number of pyridine rings is 1. The Morgan fingerprint density at radius 1 is 1.03 bits per heavy atom. The Bertz CT molecular complexity index is 1240. The number of nitrogens with one attached hydrogen (secondary N) is 1. The van der Waals surface area contributed by atoms with Gasteiger partial charge in [-0.25, -0.2) is 4.98 Å². The maximum atomic E-state index is 12.4.